The van der Waals surface area contributed by atoms with Gasteiger partial charge in [-0.1, -0.05) is 91.3 Å². The number of carbonyl (C=O) groups excluding carboxylic acids is 2. The third kappa shape index (κ3) is 8.41. The number of carbonyl (C=O) groups is 2. The number of hydrogen-bond donors (Lipinski definition) is 1. The highest BCUT2D eigenvalue weighted by atomic mass is 79.9. The van der Waals surface area contributed by atoms with Crippen molar-refractivity contribution in [2.45, 2.75) is 45.2 Å². The molecule has 3 aromatic rings. The first-order valence-electron chi connectivity index (χ1n) is 12.7. The van der Waals surface area contributed by atoms with Gasteiger partial charge in [-0.3, -0.25) is 13.9 Å². The van der Waals surface area contributed by atoms with Crippen LogP contribution < -0.4 is 9.62 Å². The molecule has 1 atom stereocenters. The molecule has 0 fully saturated rings. The maximum Gasteiger partial charge on any atom is 0.244 e. The van der Waals surface area contributed by atoms with E-state index in [4.69, 9.17) is 0 Å². The van der Waals surface area contributed by atoms with Gasteiger partial charge in [0.15, 0.2) is 0 Å². The van der Waals surface area contributed by atoms with Crippen LogP contribution in [-0.2, 0) is 38.0 Å². The number of sulfonamides is 1. The lowest BCUT2D eigenvalue weighted by Crippen LogP contribution is -2.52. The number of anilines is 1. The van der Waals surface area contributed by atoms with E-state index in [1.807, 2.05) is 66.7 Å². The first kappa shape index (κ1) is 30.4. The van der Waals surface area contributed by atoms with Gasteiger partial charge in [0, 0.05) is 24.5 Å². The summed E-state index contributed by atoms with van der Waals surface area (Å²) in [5.74, 6) is -0.808. The minimum Gasteiger partial charge on any atom is -0.357 e. The second kappa shape index (κ2) is 12.8. The van der Waals surface area contributed by atoms with Crippen LogP contribution in [0.1, 0.15) is 37.5 Å². The van der Waals surface area contributed by atoms with E-state index in [-0.39, 0.29) is 24.3 Å². The molecule has 2 amide bonds. The van der Waals surface area contributed by atoms with Crippen LogP contribution in [0.5, 0.6) is 0 Å². The monoisotopic (exact) mass is 613 g/mol. The largest absolute Gasteiger partial charge is 0.357 e. The highest BCUT2D eigenvalue weighted by Gasteiger charge is 2.32. The smallest absolute Gasteiger partial charge is 0.244 e. The Kier molecular flexibility index (Phi) is 9.96. The average Bonchev–Trinajstić information content (AvgIpc) is 2.89. The lowest BCUT2D eigenvalue weighted by Gasteiger charge is -2.33. The van der Waals surface area contributed by atoms with Gasteiger partial charge in [0.05, 0.1) is 11.9 Å². The van der Waals surface area contributed by atoms with E-state index in [1.165, 1.54) is 11.9 Å². The van der Waals surface area contributed by atoms with E-state index < -0.39 is 28.5 Å². The number of nitrogens with zero attached hydrogens (tertiary/aromatic N) is 2. The molecule has 0 aromatic heterocycles. The topological polar surface area (TPSA) is 86.8 Å². The van der Waals surface area contributed by atoms with E-state index in [0.29, 0.717) is 5.69 Å². The zero-order valence-electron chi connectivity index (χ0n) is 23.0. The molecule has 7 nitrogen and oxygen atoms in total. The lowest BCUT2D eigenvalue weighted by molar-refractivity contribution is -0.139. The minimum absolute atomic E-state index is 0.107. The summed E-state index contributed by atoms with van der Waals surface area (Å²) < 4.78 is 27.8. The number of likely N-dealkylation sites (N-methyl/N-ethyl adjacent to an activating group) is 1. The highest BCUT2D eigenvalue weighted by molar-refractivity contribution is 9.10. The molecule has 39 heavy (non-hydrogen) atoms. The Morgan fingerprint density at radius 2 is 1.49 bits per heavy atom. The summed E-state index contributed by atoms with van der Waals surface area (Å²) in [4.78, 5) is 28.6. The molecule has 0 saturated heterocycles. The van der Waals surface area contributed by atoms with Crippen LogP contribution in [0.3, 0.4) is 0 Å². The SMILES string of the molecule is CNC(=O)[C@H](Cc1ccccc1)N(Cc1ccc(Br)cc1)C(=O)CN(c1ccc(C(C)(C)C)cc1)S(C)(=O)=O. The van der Waals surface area contributed by atoms with E-state index >= 15 is 0 Å². The summed E-state index contributed by atoms with van der Waals surface area (Å²) in [6, 6.07) is 23.2. The fourth-order valence-corrected chi connectivity index (χ4v) is 5.36. The normalized spacial score (nSPS) is 12.5. The summed E-state index contributed by atoms with van der Waals surface area (Å²) in [6.45, 7) is 5.92. The maximum absolute atomic E-state index is 14.0. The van der Waals surface area contributed by atoms with Gasteiger partial charge in [-0.25, -0.2) is 8.42 Å². The Labute approximate surface area is 240 Å². The van der Waals surface area contributed by atoms with Crippen LogP contribution in [0.2, 0.25) is 0 Å². The molecule has 0 saturated carbocycles. The van der Waals surface area contributed by atoms with Crippen molar-refractivity contribution in [3.8, 4) is 0 Å². The first-order valence-corrected chi connectivity index (χ1v) is 15.3. The Morgan fingerprint density at radius 1 is 0.897 bits per heavy atom. The zero-order chi connectivity index (χ0) is 28.8. The molecular weight excluding hydrogens is 578 g/mol. The zero-order valence-corrected chi connectivity index (χ0v) is 25.4. The van der Waals surface area contributed by atoms with Crippen molar-refractivity contribution in [3.63, 3.8) is 0 Å². The Bertz CT molecular complexity index is 1370. The number of nitrogens with one attached hydrogen (secondary N) is 1. The quantitative estimate of drug-likeness (QED) is 0.352. The molecule has 0 aliphatic heterocycles. The molecule has 0 aliphatic carbocycles. The third-order valence-corrected chi connectivity index (χ3v) is 8.15. The van der Waals surface area contributed by atoms with Crippen LogP contribution in [0.4, 0.5) is 5.69 Å². The Hall–Kier alpha value is -3.17. The molecule has 1 N–H and O–H groups in total. The van der Waals surface area contributed by atoms with Gasteiger partial charge in [-0.05, 0) is 46.4 Å². The van der Waals surface area contributed by atoms with Gasteiger partial charge in [0.2, 0.25) is 21.8 Å². The Balaban J connectivity index is 2.01. The van der Waals surface area contributed by atoms with Crippen molar-refractivity contribution in [2.24, 2.45) is 0 Å². The summed E-state index contributed by atoms with van der Waals surface area (Å²) in [5, 5.41) is 2.68. The van der Waals surface area contributed by atoms with Gasteiger partial charge in [-0.15, -0.1) is 0 Å². The van der Waals surface area contributed by atoms with E-state index in [2.05, 4.69) is 42.0 Å². The van der Waals surface area contributed by atoms with Gasteiger partial charge in [0.25, 0.3) is 0 Å². The fraction of sp³-hybridized carbons (Fsp3) is 0.333. The van der Waals surface area contributed by atoms with Crippen molar-refractivity contribution in [2.75, 3.05) is 24.2 Å². The predicted molar refractivity (Wildman–Crippen MR) is 160 cm³/mol. The van der Waals surface area contributed by atoms with E-state index in [9.17, 15) is 18.0 Å². The van der Waals surface area contributed by atoms with Crippen LogP contribution in [0, 0.1) is 0 Å². The molecule has 0 radical (unpaired) electrons. The van der Waals surface area contributed by atoms with Crippen LogP contribution in [0.15, 0.2) is 83.3 Å². The second-order valence-electron chi connectivity index (χ2n) is 10.5. The van der Waals surface area contributed by atoms with Gasteiger partial charge in [-0.2, -0.15) is 0 Å². The van der Waals surface area contributed by atoms with Crippen molar-refractivity contribution < 1.29 is 18.0 Å². The summed E-state index contributed by atoms with van der Waals surface area (Å²) in [5.41, 5.74) is 3.03. The summed E-state index contributed by atoms with van der Waals surface area (Å²) in [6.07, 6.45) is 1.36. The maximum atomic E-state index is 14.0. The van der Waals surface area contributed by atoms with Gasteiger partial charge >= 0.3 is 0 Å². The van der Waals surface area contributed by atoms with Gasteiger partial charge in [0.1, 0.15) is 12.6 Å². The fourth-order valence-electron chi connectivity index (χ4n) is 4.25. The molecule has 0 aliphatic rings. The summed E-state index contributed by atoms with van der Waals surface area (Å²) in [7, 11) is -2.27. The average molecular weight is 615 g/mol. The van der Waals surface area contributed by atoms with Crippen molar-refractivity contribution in [1.82, 2.24) is 10.2 Å². The third-order valence-electron chi connectivity index (χ3n) is 6.48. The number of benzene rings is 3. The van der Waals surface area contributed by atoms with Crippen molar-refractivity contribution in [1.29, 1.82) is 0 Å². The lowest BCUT2D eigenvalue weighted by atomic mass is 9.87. The van der Waals surface area contributed by atoms with Crippen LogP contribution in [0.25, 0.3) is 0 Å². The molecule has 3 rings (SSSR count). The standard InChI is InChI=1S/C30H36BrN3O4S/c1-30(2,3)24-13-17-26(18-14-24)34(39(5,37)38)21-28(35)33(20-23-11-15-25(31)16-12-23)27(29(36)32-4)19-22-9-7-6-8-10-22/h6-18,27H,19-21H2,1-5H3,(H,32,36)/t27-/m0/s1. The molecule has 3 aromatic carbocycles. The number of rotatable bonds is 10. The number of hydrogen-bond acceptors (Lipinski definition) is 4. The molecule has 9 heteroatoms. The second-order valence-corrected chi connectivity index (χ2v) is 13.4. The predicted octanol–water partition coefficient (Wildman–Crippen LogP) is 4.90. The molecule has 0 spiro atoms. The molecule has 0 unspecified atom stereocenters. The van der Waals surface area contributed by atoms with Crippen molar-refractivity contribution in [3.05, 3.63) is 100 Å². The van der Waals surface area contributed by atoms with E-state index in [0.717, 1.165) is 31.7 Å². The number of amides is 2. The molecule has 208 valence electrons. The summed E-state index contributed by atoms with van der Waals surface area (Å²) >= 11 is 3.43. The van der Waals surface area contributed by atoms with Gasteiger partial charge < -0.3 is 10.2 Å². The molecule has 0 heterocycles. The van der Waals surface area contributed by atoms with Crippen LogP contribution in [-0.4, -0.2) is 51.0 Å². The highest BCUT2D eigenvalue weighted by Crippen LogP contribution is 2.26. The Morgan fingerprint density at radius 3 is 2.00 bits per heavy atom. The molecule has 0 bridgehead atoms. The van der Waals surface area contributed by atoms with E-state index in [1.54, 1.807) is 12.1 Å². The number of halogens is 1. The first-order chi connectivity index (χ1) is 18.3. The van der Waals surface area contributed by atoms with Crippen LogP contribution >= 0.6 is 15.9 Å². The minimum atomic E-state index is -3.80. The van der Waals surface area contributed by atoms with Crippen molar-refractivity contribution >= 4 is 43.5 Å². The molecular formula is C30H36BrN3O4S.